The van der Waals surface area contributed by atoms with Crippen LogP contribution in [0.15, 0.2) is 18.3 Å². The van der Waals surface area contributed by atoms with Crippen molar-refractivity contribution in [1.29, 1.82) is 0 Å². The van der Waals surface area contributed by atoms with Crippen LogP contribution < -0.4 is 20.5 Å². The lowest BCUT2D eigenvalue weighted by atomic mass is 10.0. The molecule has 2 rings (SSSR count). The van der Waals surface area contributed by atoms with Crippen molar-refractivity contribution in [3.63, 3.8) is 0 Å². The van der Waals surface area contributed by atoms with Gasteiger partial charge < -0.3 is 25.6 Å². The minimum atomic E-state index is -1.12. The highest BCUT2D eigenvalue weighted by Crippen LogP contribution is 2.39. The number of anilines is 2. The first-order chi connectivity index (χ1) is 12.2. The van der Waals surface area contributed by atoms with Crippen molar-refractivity contribution >= 4 is 23.4 Å². The summed E-state index contributed by atoms with van der Waals surface area (Å²) in [7, 11) is 1.56. The van der Waals surface area contributed by atoms with Crippen LogP contribution in [0.25, 0.3) is 0 Å². The Kier molecular flexibility index (Phi) is 6.15. The number of halogens is 1. The summed E-state index contributed by atoms with van der Waals surface area (Å²) in [5, 5.41) is 13.3. The molecular weight excluding hydrogens is 356 g/mol. The van der Waals surface area contributed by atoms with Gasteiger partial charge >= 0.3 is 0 Å². The van der Waals surface area contributed by atoms with E-state index in [9.17, 15) is 5.11 Å². The van der Waals surface area contributed by atoms with Crippen molar-refractivity contribution in [2.45, 2.75) is 45.8 Å². The highest BCUT2D eigenvalue weighted by Gasteiger charge is 2.20. The highest BCUT2D eigenvalue weighted by atomic mass is 35.5. The second kappa shape index (κ2) is 7.97. The van der Waals surface area contributed by atoms with Gasteiger partial charge in [0.05, 0.1) is 18.3 Å². The largest absolute Gasteiger partial charge is 0.495 e. The summed E-state index contributed by atoms with van der Waals surface area (Å²) in [5.74, 6) is 1.99. The maximum absolute atomic E-state index is 10.1. The van der Waals surface area contributed by atoms with E-state index in [1.54, 1.807) is 20.1 Å². The number of aromatic nitrogens is 2. The fraction of sp³-hybridized carbons (Fsp3) is 0.444. The Morgan fingerprint density at radius 2 is 2.00 bits per heavy atom. The number of nitrogens with one attached hydrogen (secondary N) is 1. The normalized spacial score (nSPS) is 13.4. The van der Waals surface area contributed by atoms with Gasteiger partial charge in [0, 0.05) is 11.6 Å². The average Bonchev–Trinajstić information content (AvgIpc) is 2.57. The molecule has 0 amide bonds. The molecule has 0 aliphatic rings. The number of hydrogen-bond donors (Lipinski definition) is 3. The zero-order valence-electron chi connectivity index (χ0n) is 15.6. The summed E-state index contributed by atoms with van der Waals surface area (Å²) in [5.41, 5.74) is 5.79. The molecule has 0 aliphatic heterocycles. The maximum atomic E-state index is 10.1. The van der Waals surface area contributed by atoms with Gasteiger partial charge in [-0.2, -0.15) is 4.98 Å². The van der Waals surface area contributed by atoms with Gasteiger partial charge in [-0.3, -0.25) is 0 Å². The standard InChI is InChI=1S/C18H25ClN4O3/c1-6-18(4,24)23-17-21-9-15(16(20)22-17)26-13-8-12(19)14(25-5)7-11(13)10(2)3/h7-10,24H,6H2,1-5H3,(H3,20,21,22,23). The molecular formula is C18H25ClN4O3. The SMILES string of the molecule is CCC(C)(O)Nc1ncc(Oc2cc(Cl)c(OC)cc2C(C)C)c(N)n1. The summed E-state index contributed by atoms with van der Waals surface area (Å²) in [6.07, 6.45) is 1.94. The van der Waals surface area contributed by atoms with Gasteiger partial charge in [-0.15, -0.1) is 0 Å². The van der Waals surface area contributed by atoms with Crippen molar-refractivity contribution in [1.82, 2.24) is 9.97 Å². The third-order valence-electron chi connectivity index (χ3n) is 3.98. The molecule has 7 nitrogen and oxygen atoms in total. The average molecular weight is 381 g/mol. The summed E-state index contributed by atoms with van der Waals surface area (Å²) >= 11 is 6.22. The van der Waals surface area contributed by atoms with E-state index in [4.69, 9.17) is 26.8 Å². The smallest absolute Gasteiger partial charge is 0.227 e. The molecule has 8 heteroatoms. The van der Waals surface area contributed by atoms with Gasteiger partial charge in [-0.25, -0.2) is 4.98 Å². The zero-order chi connectivity index (χ0) is 19.5. The predicted octanol–water partition coefficient (Wildman–Crippen LogP) is 4.17. The number of nitrogens with zero attached hydrogens (tertiary/aromatic N) is 2. The van der Waals surface area contributed by atoms with Crippen molar-refractivity contribution < 1.29 is 14.6 Å². The number of benzene rings is 1. The molecule has 0 spiro atoms. The minimum Gasteiger partial charge on any atom is -0.495 e. The molecule has 1 aromatic carbocycles. The molecule has 0 saturated heterocycles. The Hall–Kier alpha value is -2.25. The van der Waals surface area contributed by atoms with Gasteiger partial charge in [-0.05, 0) is 25.3 Å². The molecule has 26 heavy (non-hydrogen) atoms. The fourth-order valence-electron chi connectivity index (χ4n) is 2.22. The molecule has 2 aromatic rings. The molecule has 0 fully saturated rings. The minimum absolute atomic E-state index is 0.149. The van der Waals surface area contributed by atoms with Crippen LogP contribution in [0, 0.1) is 0 Å². The van der Waals surface area contributed by atoms with E-state index >= 15 is 0 Å². The first kappa shape index (κ1) is 20.1. The van der Waals surface area contributed by atoms with Crippen LogP contribution in [0.1, 0.15) is 45.6 Å². The molecule has 0 saturated carbocycles. The number of nitrogens with two attached hydrogens (primary N) is 1. The van der Waals surface area contributed by atoms with Gasteiger partial charge in [-0.1, -0.05) is 32.4 Å². The topological polar surface area (TPSA) is 103 Å². The maximum Gasteiger partial charge on any atom is 0.227 e. The molecule has 1 atom stereocenters. The lowest BCUT2D eigenvalue weighted by Crippen LogP contribution is -2.34. The lowest BCUT2D eigenvalue weighted by molar-refractivity contribution is 0.0853. The molecule has 0 aliphatic carbocycles. The summed E-state index contributed by atoms with van der Waals surface area (Å²) < 4.78 is 11.2. The van der Waals surface area contributed by atoms with E-state index in [0.29, 0.717) is 28.7 Å². The molecule has 4 N–H and O–H groups in total. The van der Waals surface area contributed by atoms with Crippen LogP contribution >= 0.6 is 11.6 Å². The Morgan fingerprint density at radius 1 is 1.31 bits per heavy atom. The van der Waals surface area contributed by atoms with Crippen molar-refractivity contribution in [3.05, 3.63) is 28.9 Å². The quantitative estimate of drug-likeness (QED) is 0.619. The monoisotopic (exact) mass is 380 g/mol. The number of methoxy groups -OCH3 is 1. The molecule has 1 unspecified atom stereocenters. The van der Waals surface area contributed by atoms with E-state index in [-0.39, 0.29) is 17.7 Å². The number of hydrogen-bond acceptors (Lipinski definition) is 7. The van der Waals surface area contributed by atoms with Crippen LogP contribution in [-0.2, 0) is 0 Å². The Morgan fingerprint density at radius 3 is 2.54 bits per heavy atom. The van der Waals surface area contributed by atoms with Crippen molar-refractivity contribution in [2.75, 3.05) is 18.2 Å². The van der Waals surface area contributed by atoms with Gasteiger partial charge in [0.2, 0.25) is 5.95 Å². The first-order valence-corrected chi connectivity index (χ1v) is 8.73. The summed E-state index contributed by atoms with van der Waals surface area (Å²) in [6, 6.07) is 3.52. The fourth-order valence-corrected chi connectivity index (χ4v) is 2.45. The zero-order valence-corrected chi connectivity index (χ0v) is 16.4. The number of ether oxygens (including phenoxy) is 2. The third kappa shape index (κ3) is 4.68. The number of aliphatic hydroxyl groups is 1. The lowest BCUT2D eigenvalue weighted by Gasteiger charge is -2.23. The predicted molar refractivity (Wildman–Crippen MR) is 103 cm³/mol. The second-order valence-electron chi connectivity index (χ2n) is 6.48. The molecule has 1 heterocycles. The van der Waals surface area contributed by atoms with Crippen molar-refractivity contribution in [2.24, 2.45) is 0 Å². The van der Waals surface area contributed by atoms with E-state index < -0.39 is 5.72 Å². The Balaban J connectivity index is 2.33. The van der Waals surface area contributed by atoms with Crippen LogP contribution in [0.4, 0.5) is 11.8 Å². The summed E-state index contributed by atoms with van der Waals surface area (Å²) in [6.45, 7) is 7.55. The van der Waals surface area contributed by atoms with Gasteiger partial charge in [0.25, 0.3) is 0 Å². The third-order valence-corrected chi connectivity index (χ3v) is 4.27. The van der Waals surface area contributed by atoms with Crippen molar-refractivity contribution in [3.8, 4) is 17.2 Å². The van der Waals surface area contributed by atoms with Crippen LogP contribution in [0.3, 0.4) is 0 Å². The van der Waals surface area contributed by atoms with Crippen LogP contribution in [0.5, 0.6) is 17.2 Å². The van der Waals surface area contributed by atoms with E-state index in [0.717, 1.165) is 5.56 Å². The Labute approximate surface area is 158 Å². The first-order valence-electron chi connectivity index (χ1n) is 8.35. The van der Waals surface area contributed by atoms with Crippen LogP contribution in [0.2, 0.25) is 5.02 Å². The summed E-state index contributed by atoms with van der Waals surface area (Å²) in [4.78, 5) is 8.30. The second-order valence-corrected chi connectivity index (χ2v) is 6.88. The molecule has 0 bridgehead atoms. The van der Waals surface area contributed by atoms with Gasteiger partial charge in [0.15, 0.2) is 11.6 Å². The van der Waals surface area contributed by atoms with E-state index in [1.807, 2.05) is 26.8 Å². The van der Waals surface area contributed by atoms with E-state index in [2.05, 4.69) is 15.3 Å². The number of nitrogen functional groups attached to an aromatic ring is 1. The van der Waals surface area contributed by atoms with Gasteiger partial charge in [0.1, 0.15) is 17.2 Å². The van der Waals surface area contributed by atoms with E-state index in [1.165, 1.54) is 6.20 Å². The van der Waals surface area contributed by atoms with Crippen LogP contribution in [-0.4, -0.2) is 27.9 Å². The molecule has 1 aromatic heterocycles. The molecule has 0 radical (unpaired) electrons. The Bertz CT molecular complexity index is 781. The highest BCUT2D eigenvalue weighted by molar-refractivity contribution is 6.32. The molecule has 142 valence electrons. The number of rotatable bonds is 7.